The zero-order chi connectivity index (χ0) is 11.4. The zero-order valence-electron chi connectivity index (χ0n) is 9.11. The molecule has 1 saturated heterocycles. The number of hydrogen-bond acceptors (Lipinski definition) is 3. The Morgan fingerprint density at radius 3 is 2.60 bits per heavy atom. The van der Waals surface area contributed by atoms with Gasteiger partial charge in [0.2, 0.25) is 11.8 Å². The van der Waals surface area contributed by atoms with Crippen molar-refractivity contribution in [2.75, 3.05) is 13.1 Å². The van der Waals surface area contributed by atoms with Crippen LogP contribution in [-0.2, 0) is 9.59 Å². The molecule has 0 aromatic carbocycles. The molecule has 86 valence electrons. The highest BCUT2D eigenvalue weighted by Gasteiger charge is 2.37. The molecule has 0 aliphatic carbocycles. The molecule has 5 nitrogen and oxygen atoms in total. The SMILES string of the molecule is CC(CCCN)C(=O)N1CCC1C(N)=O. The molecule has 0 radical (unpaired) electrons. The summed E-state index contributed by atoms with van der Waals surface area (Å²) in [5, 5.41) is 0. The molecule has 2 unspecified atom stereocenters. The van der Waals surface area contributed by atoms with Crippen LogP contribution >= 0.6 is 0 Å². The van der Waals surface area contributed by atoms with Crippen LogP contribution in [0.4, 0.5) is 0 Å². The number of likely N-dealkylation sites (tertiary alicyclic amines) is 1. The van der Waals surface area contributed by atoms with Gasteiger partial charge < -0.3 is 16.4 Å². The van der Waals surface area contributed by atoms with Crippen molar-refractivity contribution in [1.29, 1.82) is 0 Å². The van der Waals surface area contributed by atoms with E-state index in [1.54, 1.807) is 4.90 Å². The molecule has 1 aliphatic heterocycles. The predicted octanol–water partition coefficient (Wildman–Crippen LogP) is -0.552. The summed E-state index contributed by atoms with van der Waals surface area (Å²) in [6.07, 6.45) is 2.31. The van der Waals surface area contributed by atoms with Crippen LogP contribution in [0.2, 0.25) is 0 Å². The molecule has 1 fully saturated rings. The highest BCUT2D eigenvalue weighted by atomic mass is 16.2. The molecule has 0 spiro atoms. The fourth-order valence-electron chi connectivity index (χ4n) is 1.78. The lowest BCUT2D eigenvalue weighted by Gasteiger charge is -2.40. The average Bonchev–Trinajstić information content (AvgIpc) is 2.11. The maximum absolute atomic E-state index is 11.8. The molecule has 15 heavy (non-hydrogen) atoms. The first-order valence-corrected chi connectivity index (χ1v) is 5.37. The maximum atomic E-state index is 11.8. The Morgan fingerprint density at radius 1 is 1.53 bits per heavy atom. The van der Waals surface area contributed by atoms with E-state index in [1.165, 1.54) is 0 Å². The molecule has 0 saturated carbocycles. The van der Waals surface area contributed by atoms with Gasteiger partial charge in [0.25, 0.3) is 0 Å². The van der Waals surface area contributed by atoms with Crippen LogP contribution in [0.15, 0.2) is 0 Å². The highest BCUT2D eigenvalue weighted by Crippen LogP contribution is 2.21. The van der Waals surface area contributed by atoms with Crippen molar-refractivity contribution in [2.45, 2.75) is 32.2 Å². The number of nitrogens with zero attached hydrogens (tertiary/aromatic N) is 1. The van der Waals surface area contributed by atoms with Crippen molar-refractivity contribution >= 4 is 11.8 Å². The van der Waals surface area contributed by atoms with Gasteiger partial charge in [-0.2, -0.15) is 0 Å². The number of carbonyl (C=O) groups excluding carboxylic acids is 2. The molecule has 4 N–H and O–H groups in total. The van der Waals surface area contributed by atoms with Crippen molar-refractivity contribution in [1.82, 2.24) is 4.90 Å². The third kappa shape index (κ3) is 2.68. The largest absolute Gasteiger partial charge is 0.368 e. The molecule has 1 rings (SSSR count). The van der Waals surface area contributed by atoms with Crippen LogP contribution in [0.5, 0.6) is 0 Å². The Morgan fingerprint density at radius 2 is 2.20 bits per heavy atom. The molecule has 1 heterocycles. The lowest BCUT2D eigenvalue weighted by atomic mass is 9.96. The van der Waals surface area contributed by atoms with Crippen LogP contribution in [0.3, 0.4) is 0 Å². The summed E-state index contributed by atoms with van der Waals surface area (Å²) in [5.41, 5.74) is 10.5. The fraction of sp³-hybridized carbons (Fsp3) is 0.800. The van der Waals surface area contributed by atoms with E-state index in [4.69, 9.17) is 11.5 Å². The minimum Gasteiger partial charge on any atom is -0.368 e. The first-order chi connectivity index (χ1) is 7.07. The number of amides is 2. The van der Waals surface area contributed by atoms with Crippen molar-refractivity contribution in [3.05, 3.63) is 0 Å². The van der Waals surface area contributed by atoms with Gasteiger partial charge in [-0.25, -0.2) is 0 Å². The molecule has 0 bridgehead atoms. The van der Waals surface area contributed by atoms with E-state index in [9.17, 15) is 9.59 Å². The van der Waals surface area contributed by atoms with Gasteiger partial charge in [0.1, 0.15) is 6.04 Å². The highest BCUT2D eigenvalue weighted by molar-refractivity contribution is 5.89. The van der Waals surface area contributed by atoms with Gasteiger partial charge in [0, 0.05) is 12.5 Å². The van der Waals surface area contributed by atoms with Crippen molar-refractivity contribution in [3.8, 4) is 0 Å². The van der Waals surface area contributed by atoms with Gasteiger partial charge in [-0.3, -0.25) is 9.59 Å². The lowest BCUT2D eigenvalue weighted by molar-refractivity contribution is -0.149. The second-order valence-electron chi connectivity index (χ2n) is 4.07. The summed E-state index contributed by atoms with van der Waals surface area (Å²) >= 11 is 0. The Hall–Kier alpha value is -1.10. The molecule has 0 aromatic heterocycles. The van der Waals surface area contributed by atoms with Crippen LogP contribution in [0, 0.1) is 5.92 Å². The predicted molar refractivity (Wildman–Crippen MR) is 56.8 cm³/mol. The van der Waals surface area contributed by atoms with Gasteiger partial charge in [-0.05, 0) is 25.8 Å². The quantitative estimate of drug-likeness (QED) is 0.642. The Labute approximate surface area is 89.8 Å². The Balaban J connectivity index is 2.43. The number of rotatable bonds is 5. The van der Waals surface area contributed by atoms with Crippen LogP contribution < -0.4 is 11.5 Å². The minimum absolute atomic E-state index is 0.0264. The maximum Gasteiger partial charge on any atom is 0.240 e. The van der Waals surface area contributed by atoms with E-state index in [0.717, 1.165) is 12.8 Å². The van der Waals surface area contributed by atoms with Crippen molar-refractivity contribution < 1.29 is 9.59 Å². The molecule has 5 heteroatoms. The standard InChI is InChI=1S/C10H19N3O2/c1-7(3-2-5-11)10(15)13-6-4-8(13)9(12)14/h7-8H,2-6,11H2,1H3,(H2,12,14). The number of carbonyl (C=O) groups is 2. The van der Waals surface area contributed by atoms with E-state index in [-0.39, 0.29) is 17.9 Å². The van der Waals surface area contributed by atoms with Crippen molar-refractivity contribution in [3.63, 3.8) is 0 Å². The first kappa shape index (κ1) is 12.0. The van der Waals surface area contributed by atoms with E-state index < -0.39 is 5.91 Å². The van der Waals surface area contributed by atoms with Crippen LogP contribution in [0.1, 0.15) is 26.2 Å². The number of primary amides is 1. The molecule has 0 aromatic rings. The van der Waals surface area contributed by atoms with Gasteiger partial charge in [0.05, 0.1) is 0 Å². The van der Waals surface area contributed by atoms with Crippen LogP contribution in [0.25, 0.3) is 0 Å². The molecule has 1 aliphatic rings. The molecular weight excluding hydrogens is 194 g/mol. The number of nitrogens with two attached hydrogens (primary N) is 2. The van der Waals surface area contributed by atoms with Gasteiger partial charge in [-0.15, -0.1) is 0 Å². The van der Waals surface area contributed by atoms with E-state index in [0.29, 0.717) is 19.5 Å². The normalized spacial score (nSPS) is 22.0. The Bertz CT molecular complexity index is 255. The summed E-state index contributed by atoms with van der Waals surface area (Å²) < 4.78 is 0. The number of hydrogen-bond donors (Lipinski definition) is 2. The second-order valence-corrected chi connectivity index (χ2v) is 4.07. The van der Waals surface area contributed by atoms with E-state index >= 15 is 0 Å². The minimum atomic E-state index is -0.402. The van der Waals surface area contributed by atoms with Gasteiger partial charge >= 0.3 is 0 Å². The summed E-state index contributed by atoms with van der Waals surface area (Å²) in [7, 11) is 0. The van der Waals surface area contributed by atoms with E-state index in [2.05, 4.69) is 0 Å². The topological polar surface area (TPSA) is 89.4 Å². The smallest absolute Gasteiger partial charge is 0.240 e. The third-order valence-electron chi connectivity index (χ3n) is 2.89. The summed E-state index contributed by atoms with van der Waals surface area (Å²) in [6, 6.07) is -0.377. The second kappa shape index (κ2) is 5.11. The van der Waals surface area contributed by atoms with Gasteiger partial charge in [-0.1, -0.05) is 6.92 Å². The molecule has 2 amide bonds. The summed E-state index contributed by atoms with van der Waals surface area (Å²) in [5.74, 6) is -0.435. The summed E-state index contributed by atoms with van der Waals surface area (Å²) in [4.78, 5) is 24.3. The fourth-order valence-corrected chi connectivity index (χ4v) is 1.78. The van der Waals surface area contributed by atoms with Crippen LogP contribution in [-0.4, -0.2) is 35.8 Å². The zero-order valence-corrected chi connectivity index (χ0v) is 9.11. The average molecular weight is 213 g/mol. The molecule has 2 atom stereocenters. The third-order valence-corrected chi connectivity index (χ3v) is 2.89. The first-order valence-electron chi connectivity index (χ1n) is 5.37. The monoisotopic (exact) mass is 213 g/mol. The van der Waals surface area contributed by atoms with Crippen molar-refractivity contribution in [2.24, 2.45) is 17.4 Å². The Kier molecular flexibility index (Phi) is 4.08. The lowest BCUT2D eigenvalue weighted by Crippen LogP contribution is -2.58. The molecular formula is C10H19N3O2. The summed E-state index contributed by atoms with van der Waals surface area (Å²) in [6.45, 7) is 3.12. The van der Waals surface area contributed by atoms with E-state index in [1.807, 2.05) is 6.92 Å². The van der Waals surface area contributed by atoms with Gasteiger partial charge in [0.15, 0.2) is 0 Å².